The fourth-order valence-corrected chi connectivity index (χ4v) is 3.28. The number of nitrogens with one attached hydrogen (secondary N) is 1. The highest BCUT2D eigenvalue weighted by Gasteiger charge is 2.07. The van der Waals surface area contributed by atoms with Crippen LogP contribution in [0.2, 0.25) is 0 Å². The molecule has 1 N–H and O–H groups in total. The molecule has 0 heterocycles. The molecule has 1 nitrogen and oxygen atoms in total. The van der Waals surface area contributed by atoms with Crippen LogP contribution in [-0.2, 0) is 0 Å². The molecule has 0 aromatic heterocycles. The van der Waals surface area contributed by atoms with Crippen molar-refractivity contribution < 1.29 is 0 Å². The number of rotatable bonds is 4. The third-order valence-corrected chi connectivity index (χ3v) is 4.70. The topological polar surface area (TPSA) is 12.0 Å². The summed E-state index contributed by atoms with van der Waals surface area (Å²) in [7, 11) is 1.97. The van der Waals surface area contributed by atoms with Gasteiger partial charge in [0.15, 0.2) is 0 Å². The van der Waals surface area contributed by atoms with Crippen LogP contribution in [0.4, 0.5) is 5.69 Å². The van der Waals surface area contributed by atoms with Gasteiger partial charge in [-0.15, -0.1) is 0 Å². The van der Waals surface area contributed by atoms with Gasteiger partial charge in [-0.2, -0.15) is 0 Å². The maximum absolute atomic E-state index is 3.32. The first-order chi connectivity index (χ1) is 12.8. The van der Waals surface area contributed by atoms with Gasteiger partial charge >= 0.3 is 0 Å². The van der Waals surface area contributed by atoms with E-state index in [9.17, 15) is 0 Å². The van der Waals surface area contributed by atoms with E-state index in [1.165, 1.54) is 33.4 Å². The van der Waals surface area contributed by atoms with Gasteiger partial charge in [-0.3, -0.25) is 0 Å². The number of anilines is 1. The minimum Gasteiger partial charge on any atom is -0.388 e. The van der Waals surface area contributed by atoms with Crippen molar-refractivity contribution in [2.75, 3.05) is 12.4 Å². The smallest absolute Gasteiger partial charge is 0.0417 e. The molecule has 1 heteroatoms. The predicted molar refractivity (Wildman–Crippen MR) is 112 cm³/mol. The lowest BCUT2D eigenvalue weighted by Crippen LogP contribution is -1.93. The van der Waals surface area contributed by atoms with Gasteiger partial charge in [0.05, 0.1) is 0 Å². The molecule has 0 amide bonds. The van der Waals surface area contributed by atoms with E-state index in [4.69, 9.17) is 0 Å². The second-order valence-corrected chi connectivity index (χ2v) is 6.32. The van der Waals surface area contributed by atoms with Gasteiger partial charge in [-0.05, 0) is 39.9 Å². The molecule has 126 valence electrons. The summed E-state index contributed by atoms with van der Waals surface area (Å²) in [5, 5.41) is 3.32. The van der Waals surface area contributed by atoms with Gasteiger partial charge in [-0.1, -0.05) is 91.0 Å². The summed E-state index contributed by atoms with van der Waals surface area (Å²) < 4.78 is 0. The first kappa shape index (κ1) is 16.2. The van der Waals surface area contributed by atoms with Crippen LogP contribution in [0.3, 0.4) is 0 Å². The molecule has 4 aromatic rings. The van der Waals surface area contributed by atoms with Gasteiger partial charge in [0.1, 0.15) is 0 Å². The van der Waals surface area contributed by atoms with Crippen molar-refractivity contribution in [3.63, 3.8) is 0 Å². The van der Waals surface area contributed by atoms with Crippen molar-refractivity contribution in [3.8, 4) is 33.4 Å². The molecule has 0 spiro atoms. The van der Waals surface area contributed by atoms with Crippen LogP contribution in [0.5, 0.6) is 0 Å². The number of hydrogen-bond donors (Lipinski definition) is 1. The summed E-state index contributed by atoms with van der Waals surface area (Å²) in [6, 6.07) is 36.4. The summed E-state index contributed by atoms with van der Waals surface area (Å²) in [6.07, 6.45) is 0. The van der Waals surface area contributed by atoms with E-state index in [-0.39, 0.29) is 0 Å². The summed E-state index contributed by atoms with van der Waals surface area (Å²) in [4.78, 5) is 0. The van der Waals surface area contributed by atoms with Gasteiger partial charge in [0, 0.05) is 18.3 Å². The standard InChI is InChI=1S/C25H21N/c1-26-25-17-16-23(20-10-6-3-7-11-20)18-24(25)22-14-12-21(13-15-22)19-8-4-2-5-9-19/h2-18,26H,1H3. The van der Waals surface area contributed by atoms with E-state index in [1.807, 2.05) is 13.1 Å². The molecule has 0 bridgehead atoms. The van der Waals surface area contributed by atoms with Gasteiger partial charge in [0.2, 0.25) is 0 Å². The van der Waals surface area contributed by atoms with Crippen LogP contribution in [0, 0.1) is 0 Å². The Kier molecular flexibility index (Phi) is 4.53. The maximum Gasteiger partial charge on any atom is 0.0417 e. The van der Waals surface area contributed by atoms with Crippen LogP contribution >= 0.6 is 0 Å². The average molecular weight is 335 g/mol. The molecule has 0 aliphatic carbocycles. The molecule has 0 radical (unpaired) electrons. The Balaban J connectivity index is 1.74. The fraction of sp³-hybridized carbons (Fsp3) is 0.0400. The van der Waals surface area contributed by atoms with Gasteiger partial charge in [-0.25, -0.2) is 0 Å². The second kappa shape index (κ2) is 7.28. The van der Waals surface area contributed by atoms with E-state index < -0.39 is 0 Å². The highest BCUT2D eigenvalue weighted by molar-refractivity contribution is 5.84. The maximum atomic E-state index is 3.32. The third kappa shape index (κ3) is 3.25. The summed E-state index contributed by atoms with van der Waals surface area (Å²) >= 11 is 0. The highest BCUT2D eigenvalue weighted by Crippen LogP contribution is 2.33. The largest absolute Gasteiger partial charge is 0.388 e. The molecule has 0 unspecified atom stereocenters. The lowest BCUT2D eigenvalue weighted by Gasteiger charge is -2.13. The first-order valence-electron chi connectivity index (χ1n) is 8.88. The number of benzene rings is 4. The average Bonchev–Trinajstić information content (AvgIpc) is 2.75. The van der Waals surface area contributed by atoms with Crippen molar-refractivity contribution in [2.24, 2.45) is 0 Å². The van der Waals surface area contributed by atoms with Crippen LogP contribution in [-0.4, -0.2) is 7.05 Å². The summed E-state index contributed by atoms with van der Waals surface area (Å²) in [5.41, 5.74) is 8.51. The molecule has 4 rings (SSSR count). The zero-order valence-corrected chi connectivity index (χ0v) is 14.8. The molecule has 4 aromatic carbocycles. The van der Waals surface area contributed by atoms with E-state index in [0.717, 1.165) is 5.69 Å². The van der Waals surface area contributed by atoms with Crippen molar-refractivity contribution in [1.82, 2.24) is 0 Å². The third-order valence-electron chi connectivity index (χ3n) is 4.70. The Labute approximate surface area is 155 Å². The van der Waals surface area contributed by atoms with Crippen LogP contribution in [0.15, 0.2) is 103 Å². The molecule has 0 atom stereocenters. The van der Waals surface area contributed by atoms with Crippen LogP contribution in [0.25, 0.3) is 33.4 Å². The molecular formula is C25H21N. The SMILES string of the molecule is CNc1ccc(-c2ccccc2)cc1-c1ccc(-c2ccccc2)cc1. The highest BCUT2D eigenvalue weighted by atomic mass is 14.8. The minimum atomic E-state index is 1.14. The lowest BCUT2D eigenvalue weighted by atomic mass is 9.95. The molecule has 0 aliphatic rings. The predicted octanol–water partition coefficient (Wildman–Crippen LogP) is 6.73. The second-order valence-electron chi connectivity index (χ2n) is 6.32. The molecule has 26 heavy (non-hydrogen) atoms. The summed E-state index contributed by atoms with van der Waals surface area (Å²) in [6.45, 7) is 0. The van der Waals surface area contributed by atoms with Gasteiger partial charge < -0.3 is 5.32 Å². The van der Waals surface area contributed by atoms with Crippen molar-refractivity contribution in [2.45, 2.75) is 0 Å². The van der Waals surface area contributed by atoms with E-state index >= 15 is 0 Å². The first-order valence-corrected chi connectivity index (χ1v) is 8.88. The Morgan fingerprint density at radius 1 is 0.462 bits per heavy atom. The Hall–Kier alpha value is -3.32. The zero-order valence-electron chi connectivity index (χ0n) is 14.8. The van der Waals surface area contributed by atoms with E-state index in [2.05, 4.69) is 102 Å². The normalized spacial score (nSPS) is 10.5. The van der Waals surface area contributed by atoms with Crippen LogP contribution in [0.1, 0.15) is 0 Å². The Morgan fingerprint density at radius 2 is 0.923 bits per heavy atom. The lowest BCUT2D eigenvalue weighted by molar-refractivity contribution is 1.49. The van der Waals surface area contributed by atoms with Crippen LogP contribution < -0.4 is 5.32 Å². The van der Waals surface area contributed by atoms with Crippen molar-refractivity contribution in [1.29, 1.82) is 0 Å². The molecule has 0 saturated heterocycles. The molecular weight excluding hydrogens is 314 g/mol. The van der Waals surface area contributed by atoms with Gasteiger partial charge in [0.25, 0.3) is 0 Å². The Bertz CT molecular complexity index is 987. The van der Waals surface area contributed by atoms with Crippen molar-refractivity contribution >= 4 is 5.69 Å². The zero-order chi connectivity index (χ0) is 17.8. The molecule has 0 saturated carbocycles. The van der Waals surface area contributed by atoms with Crippen molar-refractivity contribution in [3.05, 3.63) is 103 Å². The number of hydrogen-bond acceptors (Lipinski definition) is 1. The molecule has 0 fully saturated rings. The monoisotopic (exact) mass is 335 g/mol. The Morgan fingerprint density at radius 3 is 1.50 bits per heavy atom. The minimum absolute atomic E-state index is 1.14. The summed E-state index contributed by atoms with van der Waals surface area (Å²) in [5.74, 6) is 0. The quantitative estimate of drug-likeness (QED) is 0.436. The fourth-order valence-electron chi connectivity index (χ4n) is 3.28. The molecule has 0 aliphatic heterocycles. The van der Waals surface area contributed by atoms with E-state index in [0.29, 0.717) is 0 Å². The van der Waals surface area contributed by atoms with E-state index in [1.54, 1.807) is 0 Å².